The minimum Gasteiger partial charge on any atom is -0.335 e. The van der Waals surface area contributed by atoms with E-state index >= 15 is 0 Å². The summed E-state index contributed by atoms with van der Waals surface area (Å²) in [5, 5.41) is 4.50. The smallest absolute Gasteiger partial charge is 0.254 e. The van der Waals surface area contributed by atoms with Crippen LogP contribution in [0.4, 0.5) is 0 Å². The van der Waals surface area contributed by atoms with Gasteiger partial charge in [-0.25, -0.2) is 13.4 Å². The Morgan fingerprint density at radius 3 is 2.50 bits per heavy atom. The molecule has 0 radical (unpaired) electrons. The van der Waals surface area contributed by atoms with Gasteiger partial charge in [0.15, 0.2) is 9.84 Å². The summed E-state index contributed by atoms with van der Waals surface area (Å²) in [7, 11) is -1.54. The first-order chi connectivity index (χ1) is 14.3. The van der Waals surface area contributed by atoms with Crippen LogP contribution < -0.4 is 0 Å². The van der Waals surface area contributed by atoms with Crippen LogP contribution in [0.3, 0.4) is 0 Å². The Hall–Kier alpha value is -3.03. The van der Waals surface area contributed by atoms with Crippen LogP contribution >= 0.6 is 11.3 Å². The molecule has 4 rings (SSSR count). The van der Waals surface area contributed by atoms with Gasteiger partial charge in [-0.1, -0.05) is 42.5 Å². The number of rotatable bonds is 5. The normalized spacial score (nSPS) is 11.5. The van der Waals surface area contributed by atoms with E-state index in [1.54, 1.807) is 36.3 Å². The standard InChI is InChI=1S/C23H20N2O3S2/c1-25(15-22-24-12-13-29-22)23(26)21-11-5-9-19-18(8-4-10-20(19)21)16-6-3-7-17(14-16)30(2,27)28/h3-14H,15H2,1-2H3. The van der Waals surface area contributed by atoms with Crippen LogP contribution in [0.25, 0.3) is 21.9 Å². The van der Waals surface area contributed by atoms with Gasteiger partial charge >= 0.3 is 0 Å². The Morgan fingerprint density at radius 2 is 1.77 bits per heavy atom. The summed E-state index contributed by atoms with van der Waals surface area (Å²) in [4.78, 5) is 19.3. The summed E-state index contributed by atoms with van der Waals surface area (Å²) < 4.78 is 23.9. The molecule has 5 nitrogen and oxygen atoms in total. The van der Waals surface area contributed by atoms with Crippen molar-refractivity contribution in [1.82, 2.24) is 9.88 Å². The van der Waals surface area contributed by atoms with Gasteiger partial charge in [-0.15, -0.1) is 11.3 Å². The first-order valence-corrected chi connectivity index (χ1v) is 12.1. The SMILES string of the molecule is CN(Cc1nccs1)C(=O)c1cccc2c(-c3cccc(S(C)(=O)=O)c3)cccc12. The first kappa shape index (κ1) is 20.3. The molecule has 7 heteroatoms. The Morgan fingerprint density at radius 1 is 1.03 bits per heavy atom. The lowest BCUT2D eigenvalue weighted by Gasteiger charge is -2.18. The number of amides is 1. The molecule has 1 amide bonds. The number of carbonyl (C=O) groups excluding carboxylic acids is 1. The second kappa shape index (κ2) is 8.01. The highest BCUT2D eigenvalue weighted by Gasteiger charge is 2.17. The quantitative estimate of drug-likeness (QED) is 0.457. The molecule has 0 aliphatic rings. The molecule has 3 aromatic carbocycles. The van der Waals surface area contributed by atoms with Gasteiger partial charge in [0.1, 0.15) is 5.01 Å². The molecule has 0 bridgehead atoms. The zero-order chi connectivity index (χ0) is 21.3. The van der Waals surface area contributed by atoms with Gasteiger partial charge in [-0.3, -0.25) is 4.79 Å². The highest BCUT2D eigenvalue weighted by atomic mass is 32.2. The third kappa shape index (κ3) is 3.99. The first-order valence-electron chi connectivity index (χ1n) is 9.30. The van der Waals surface area contributed by atoms with Crippen molar-refractivity contribution >= 4 is 37.9 Å². The fraction of sp³-hybridized carbons (Fsp3) is 0.130. The number of thiazole rings is 1. The second-order valence-electron chi connectivity index (χ2n) is 7.09. The van der Waals surface area contributed by atoms with Crippen LogP contribution in [0.1, 0.15) is 15.4 Å². The van der Waals surface area contributed by atoms with Crippen molar-refractivity contribution in [3.63, 3.8) is 0 Å². The van der Waals surface area contributed by atoms with Crippen LogP contribution in [0.2, 0.25) is 0 Å². The summed E-state index contributed by atoms with van der Waals surface area (Å²) in [6.45, 7) is 0.447. The molecule has 0 unspecified atom stereocenters. The van der Waals surface area contributed by atoms with Gasteiger partial charge in [-0.2, -0.15) is 0 Å². The van der Waals surface area contributed by atoms with Crippen molar-refractivity contribution in [2.45, 2.75) is 11.4 Å². The van der Waals surface area contributed by atoms with Crippen molar-refractivity contribution in [3.8, 4) is 11.1 Å². The van der Waals surface area contributed by atoms with E-state index in [2.05, 4.69) is 4.98 Å². The van der Waals surface area contributed by atoms with Crippen molar-refractivity contribution < 1.29 is 13.2 Å². The highest BCUT2D eigenvalue weighted by molar-refractivity contribution is 7.90. The van der Waals surface area contributed by atoms with Crippen LogP contribution in [0, 0.1) is 0 Å². The Kier molecular flexibility index (Phi) is 5.40. The number of aromatic nitrogens is 1. The summed E-state index contributed by atoms with van der Waals surface area (Å²) in [5.74, 6) is -0.0853. The highest BCUT2D eigenvalue weighted by Crippen LogP contribution is 2.32. The van der Waals surface area contributed by atoms with Gasteiger partial charge in [0.05, 0.1) is 11.4 Å². The lowest BCUT2D eigenvalue weighted by Crippen LogP contribution is -2.26. The fourth-order valence-electron chi connectivity index (χ4n) is 3.45. The molecular weight excluding hydrogens is 416 g/mol. The molecule has 0 saturated carbocycles. The molecule has 4 aromatic rings. The maximum atomic E-state index is 13.1. The largest absolute Gasteiger partial charge is 0.335 e. The number of carbonyl (C=O) groups is 1. The van der Waals surface area contributed by atoms with Crippen LogP contribution in [0.15, 0.2) is 77.1 Å². The molecule has 0 spiro atoms. The summed E-state index contributed by atoms with van der Waals surface area (Å²) in [6.07, 6.45) is 2.93. The third-order valence-corrected chi connectivity index (χ3v) is 6.80. The summed E-state index contributed by atoms with van der Waals surface area (Å²) in [5.41, 5.74) is 2.28. The van der Waals surface area contributed by atoms with E-state index in [1.165, 1.54) is 17.6 Å². The minimum atomic E-state index is -3.31. The summed E-state index contributed by atoms with van der Waals surface area (Å²) >= 11 is 1.52. The molecule has 1 heterocycles. The molecule has 0 N–H and O–H groups in total. The second-order valence-corrected chi connectivity index (χ2v) is 10.1. The molecule has 0 aliphatic heterocycles. The predicted molar refractivity (Wildman–Crippen MR) is 120 cm³/mol. The summed E-state index contributed by atoms with van der Waals surface area (Å²) in [6, 6.07) is 18.3. The number of nitrogens with zero attached hydrogens (tertiary/aromatic N) is 2. The van der Waals surface area contributed by atoms with Crippen molar-refractivity contribution in [2.75, 3.05) is 13.3 Å². The van der Waals surface area contributed by atoms with Gasteiger partial charge in [0.25, 0.3) is 5.91 Å². The van der Waals surface area contributed by atoms with Gasteiger partial charge in [-0.05, 0) is 40.1 Å². The maximum Gasteiger partial charge on any atom is 0.254 e. The molecule has 0 saturated heterocycles. The molecule has 152 valence electrons. The topological polar surface area (TPSA) is 67.3 Å². The van der Waals surface area contributed by atoms with Crippen molar-refractivity contribution in [1.29, 1.82) is 0 Å². The predicted octanol–water partition coefficient (Wildman–Crippen LogP) is 4.64. The van der Waals surface area contributed by atoms with E-state index < -0.39 is 9.84 Å². The molecule has 0 atom stereocenters. The monoisotopic (exact) mass is 436 g/mol. The lowest BCUT2D eigenvalue weighted by molar-refractivity contribution is 0.0787. The Balaban J connectivity index is 1.78. The molecular formula is C23H20N2O3S2. The maximum absolute atomic E-state index is 13.1. The number of benzene rings is 3. The van der Waals surface area contributed by atoms with E-state index in [4.69, 9.17) is 0 Å². The van der Waals surface area contributed by atoms with E-state index in [-0.39, 0.29) is 10.8 Å². The molecule has 0 fully saturated rings. The molecule has 30 heavy (non-hydrogen) atoms. The van der Waals surface area contributed by atoms with Crippen LogP contribution in [-0.4, -0.2) is 37.5 Å². The number of fused-ring (bicyclic) bond motifs is 1. The average Bonchev–Trinajstić information content (AvgIpc) is 3.25. The zero-order valence-electron chi connectivity index (χ0n) is 16.6. The molecule has 1 aromatic heterocycles. The number of sulfone groups is 1. The average molecular weight is 437 g/mol. The van der Waals surface area contributed by atoms with Gasteiger partial charge in [0.2, 0.25) is 0 Å². The Labute approximate surface area is 179 Å². The number of hydrogen-bond donors (Lipinski definition) is 0. The fourth-order valence-corrected chi connectivity index (χ4v) is 4.79. The third-order valence-electron chi connectivity index (χ3n) is 4.93. The van der Waals surface area contributed by atoms with Gasteiger partial charge in [0, 0.05) is 30.4 Å². The van der Waals surface area contributed by atoms with E-state index in [0.717, 1.165) is 26.9 Å². The number of hydrogen-bond acceptors (Lipinski definition) is 5. The Bertz CT molecular complexity index is 1330. The van der Waals surface area contributed by atoms with Crippen molar-refractivity contribution in [3.05, 3.63) is 82.8 Å². The van der Waals surface area contributed by atoms with Crippen LogP contribution in [0.5, 0.6) is 0 Å². The minimum absolute atomic E-state index is 0.0853. The van der Waals surface area contributed by atoms with E-state index in [0.29, 0.717) is 12.1 Å². The van der Waals surface area contributed by atoms with Crippen LogP contribution in [-0.2, 0) is 16.4 Å². The lowest BCUT2D eigenvalue weighted by atomic mass is 9.95. The zero-order valence-corrected chi connectivity index (χ0v) is 18.2. The van der Waals surface area contributed by atoms with Gasteiger partial charge < -0.3 is 4.90 Å². The van der Waals surface area contributed by atoms with Crippen molar-refractivity contribution in [2.24, 2.45) is 0 Å². The van der Waals surface area contributed by atoms with E-state index in [9.17, 15) is 13.2 Å². The molecule has 0 aliphatic carbocycles. The van der Waals surface area contributed by atoms with E-state index in [1.807, 2.05) is 47.8 Å².